The van der Waals surface area contributed by atoms with Crippen LogP contribution < -0.4 is 10.1 Å². The number of hydrogen-bond donors (Lipinski definition) is 3. The monoisotopic (exact) mass is 538 g/mol. The second-order valence-corrected chi connectivity index (χ2v) is 10.9. The molecule has 2 heterocycles. The summed E-state index contributed by atoms with van der Waals surface area (Å²) in [6.45, 7) is 2.66. The number of aromatic amines is 1. The van der Waals surface area contributed by atoms with Gasteiger partial charge in [-0.3, -0.25) is 14.7 Å². The molecule has 1 aliphatic carbocycles. The quantitative estimate of drug-likeness (QED) is 0.297. The lowest BCUT2D eigenvalue weighted by molar-refractivity contribution is -0.141. The largest absolute Gasteiger partial charge is 0.490 e. The highest BCUT2D eigenvalue weighted by molar-refractivity contribution is 6.01. The third-order valence-electron chi connectivity index (χ3n) is 7.91. The predicted octanol–water partition coefficient (Wildman–Crippen LogP) is 4.86. The lowest BCUT2D eigenvalue weighted by Gasteiger charge is -2.32. The van der Waals surface area contributed by atoms with E-state index in [1.165, 1.54) is 6.92 Å². The second kappa shape index (κ2) is 11.1. The Kier molecular flexibility index (Phi) is 7.26. The van der Waals surface area contributed by atoms with Crippen molar-refractivity contribution in [1.82, 2.24) is 20.4 Å². The van der Waals surface area contributed by atoms with Crippen LogP contribution in [0, 0.1) is 5.92 Å². The first-order valence-corrected chi connectivity index (χ1v) is 14.0. The molecule has 1 saturated heterocycles. The van der Waals surface area contributed by atoms with E-state index in [0.29, 0.717) is 24.6 Å². The van der Waals surface area contributed by atoms with Crippen molar-refractivity contribution >= 4 is 22.7 Å². The molecule has 206 valence electrons. The van der Waals surface area contributed by atoms with Gasteiger partial charge in [-0.15, -0.1) is 0 Å². The minimum Gasteiger partial charge on any atom is -0.490 e. The van der Waals surface area contributed by atoms with Gasteiger partial charge in [-0.25, -0.2) is 0 Å². The molecule has 4 aromatic rings. The molecule has 2 amide bonds. The summed E-state index contributed by atoms with van der Waals surface area (Å²) in [5.41, 5.74) is 4.32. The van der Waals surface area contributed by atoms with Crippen LogP contribution in [0.5, 0.6) is 5.75 Å². The van der Waals surface area contributed by atoms with Crippen molar-refractivity contribution < 1.29 is 19.4 Å². The Morgan fingerprint density at radius 3 is 2.40 bits per heavy atom. The highest BCUT2D eigenvalue weighted by Gasteiger charge is 2.33. The summed E-state index contributed by atoms with van der Waals surface area (Å²) in [6.07, 6.45) is 2.76. The number of hydrogen-bond acceptors (Lipinski definition) is 5. The summed E-state index contributed by atoms with van der Waals surface area (Å²) in [7, 11) is 0. The van der Waals surface area contributed by atoms with Gasteiger partial charge in [-0.1, -0.05) is 30.3 Å². The van der Waals surface area contributed by atoms with Crippen LogP contribution in [0.3, 0.4) is 0 Å². The van der Waals surface area contributed by atoms with E-state index in [4.69, 9.17) is 4.74 Å². The molecule has 1 saturated carbocycles. The van der Waals surface area contributed by atoms with Crippen molar-refractivity contribution in [1.29, 1.82) is 0 Å². The zero-order valence-corrected chi connectivity index (χ0v) is 22.5. The molecule has 3 N–H and O–H groups in total. The molecule has 3 aromatic carbocycles. The van der Waals surface area contributed by atoms with Crippen molar-refractivity contribution in [2.75, 3.05) is 13.1 Å². The molecule has 1 aromatic heterocycles. The molecule has 40 heavy (non-hydrogen) atoms. The van der Waals surface area contributed by atoms with E-state index in [0.717, 1.165) is 59.2 Å². The molecule has 2 atom stereocenters. The average Bonchev–Trinajstić information content (AvgIpc) is 3.74. The number of nitrogens with zero attached hydrogens (tertiary/aromatic N) is 2. The Labute approximate surface area is 233 Å². The first-order valence-electron chi connectivity index (χ1n) is 14.0. The van der Waals surface area contributed by atoms with E-state index >= 15 is 0 Å². The van der Waals surface area contributed by atoms with E-state index in [1.807, 2.05) is 60.7 Å². The van der Waals surface area contributed by atoms with E-state index < -0.39 is 6.10 Å². The van der Waals surface area contributed by atoms with Gasteiger partial charge >= 0.3 is 0 Å². The van der Waals surface area contributed by atoms with Gasteiger partial charge < -0.3 is 20.1 Å². The Balaban J connectivity index is 1.14. The number of aromatic nitrogens is 2. The van der Waals surface area contributed by atoms with Crippen LogP contribution in [0.2, 0.25) is 0 Å². The number of benzene rings is 3. The zero-order chi connectivity index (χ0) is 27.6. The molecular formula is C32H34N4O4. The van der Waals surface area contributed by atoms with E-state index in [-0.39, 0.29) is 24.0 Å². The fourth-order valence-corrected chi connectivity index (χ4v) is 5.51. The maximum Gasteiger partial charge on any atom is 0.251 e. The summed E-state index contributed by atoms with van der Waals surface area (Å²) in [5, 5.41) is 21.3. The van der Waals surface area contributed by atoms with Crippen LogP contribution >= 0.6 is 0 Å². The number of nitrogens with one attached hydrogen (secondary N) is 2. The van der Waals surface area contributed by atoms with E-state index in [2.05, 4.69) is 27.6 Å². The third kappa shape index (κ3) is 5.58. The normalized spacial score (nSPS) is 17.4. The number of rotatable bonds is 8. The molecule has 2 aliphatic rings. The van der Waals surface area contributed by atoms with Gasteiger partial charge in [-0.05, 0) is 73.7 Å². The van der Waals surface area contributed by atoms with Gasteiger partial charge in [0.15, 0.2) is 0 Å². The maximum absolute atomic E-state index is 13.3. The minimum absolute atomic E-state index is 0.0199. The molecule has 1 unspecified atom stereocenters. The number of ether oxygens (including phenoxy) is 1. The van der Waals surface area contributed by atoms with Crippen molar-refractivity contribution in [3.05, 3.63) is 83.9 Å². The summed E-state index contributed by atoms with van der Waals surface area (Å²) >= 11 is 0. The third-order valence-corrected chi connectivity index (χ3v) is 7.91. The summed E-state index contributed by atoms with van der Waals surface area (Å²) in [6, 6.07) is 23.7. The van der Waals surface area contributed by atoms with Crippen molar-refractivity contribution in [2.45, 2.75) is 50.9 Å². The van der Waals surface area contributed by atoms with Gasteiger partial charge in [0.1, 0.15) is 18.0 Å². The predicted molar refractivity (Wildman–Crippen MR) is 153 cm³/mol. The van der Waals surface area contributed by atoms with Crippen molar-refractivity contribution in [2.24, 2.45) is 5.92 Å². The van der Waals surface area contributed by atoms with Crippen LogP contribution in [-0.2, 0) is 4.79 Å². The molecule has 2 fully saturated rings. The van der Waals surface area contributed by atoms with Crippen LogP contribution in [0.15, 0.2) is 72.8 Å². The molecule has 1 aliphatic heterocycles. The summed E-state index contributed by atoms with van der Waals surface area (Å²) in [4.78, 5) is 27.0. The Morgan fingerprint density at radius 2 is 1.73 bits per heavy atom. The number of fused-ring (bicyclic) bond motifs is 1. The molecular weight excluding hydrogens is 504 g/mol. The molecule has 8 heteroatoms. The molecule has 0 spiro atoms. The molecule has 6 rings (SSSR count). The fraction of sp³-hybridized carbons (Fsp3) is 0.344. The van der Waals surface area contributed by atoms with Gasteiger partial charge in [0.25, 0.3) is 11.8 Å². The molecule has 0 radical (unpaired) electrons. The SMILES string of the molecule is C[C@H](O)C(=O)N1CCC(Oc2ccc(-c3n[nH]c4ccc(C(=O)NC(c5ccccc5)C5CC5)cc34)cc2)CC1. The Hall–Kier alpha value is -4.17. The smallest absolute Gasteiger partial charge is 0.251 e. The first kappa shape index (κ1) is 26.1. The van der Waals surface area contributed by atoms with Gasteiger partial charge in [0.2, 0.25) is 0 Å². The van der Waals surface area contributed by atoms with Crippen molar-refractivity contribution in [3.63, 3.8) is 0 Å². The number of aliphatic hydroxyl groups excluding tert-OH is 1. The summed E-state index contributed by atoms with van der Waals surface area (Å²) < 4.78 is 6.17. The van der Waals surface area contributed by atoms with Gasteiger partial charge in [0, 0.05) is 42.4 Å². The minimum atomic E-state index is -0.970. The number of amides is 2. The first-order chi connectivity index (χ1) is 19.5. The Bertz CT molecular complexity index is 1490. The van der Waals surface area contributed by atoms with Crippen LogP contribution in [0.25, 0.3) is 22.2 Å². The van der Waals surface area contributed by atoms with Crippen LogP contribution in [-0.4, -0.2) is 57.3 Å². The maximum atomic E-state index is 13.3. The molecule has 0 bridgehead atoms. The van der Waals surface area contributed by atoms with Gasteiger partial charge in [0.05, 0.1) is 17.3 Å². The lowest BCUT2D eigenvalue weighted by Crippen LogP contribution is -2.45. The van der Waals surface area contributed by atoms with Crippen LogP contribution in [0.1, 0.15) is 54.6 Å². The number of carbonyl (C=O) groups is 2. The van der Waals surface area contributed by atoms with Crippen LogP contribution in [0.4, 0.5) is 0 Å². The average molecular weight is 539 g/mol. The van der Waals surface area contributed by atoms with E-state index in [1.54, 1.807) is 4.90 Å². The van der Waals surface area contributed by atoms with E-state index in [9.17, 15) is 14.7 Å². The number of likely N-dealkylation sites (tertiary alicyclic amines) is 1. The topological polar surface area (TPSA) is 108 Å². The number of piperidine rings is 1. The molecule has 8 nitrogen and oxygen atoms in total. The number of H-pyrrole nitrogens is 1. The fourth-order valence-electron chi connectivity index (χ4n) is 5.51. The number of carbonyl (C=O) groups excluding carboxylic acids is 2. The Morgan fingerprint density at radius 1 is 1.00 bits per heavy atom. The second-order valence-electron chi connectivity index (χ2n) is 10.9. The van der Waals surface area contributed by atoms with Gasteiger partial charge in [-0.2, -0.15) is 5.10 Å². The highest BCUT2D eigenvalue weighted by atomic mass is 16.5. The van der Waals surface area contributed by atoms with Crippen molar-refractivity contribution in [3.8, 4) is 17.0 Å². The standard InChI is InChI=1S/C32H34N4O4/c1-20(37)32(39)36-17-15-26(16-18-36)40-25-12-9-23(10-13-25)30-27-19-24(11-14-28(27)34-35-30)31(38)33-29(22-7-8-22)21-5-3-2-4-6-21/h2-6,9-14,19-20,22,26,29,37H,7-8,15-18H2,1H3,(H,33,38)(H,34,35)/t20-,29?/m0/s1. The lowest BCUT2D eigenvalue weighted by atomic mass is 10.0. The zero-order valence-electron chi connectivity index (χ0n) is 22.5. The summed E-state index contributed by atoms with van der Waals surface area (Å²) in [5.74, 6) is 0.934. The number of aliphatic hydroxyl groups is 1. The highest BCUT2D eigenvalue weighted by Crippen LogP contribution is 2.41.